The molecule has 2 aromatic carbocycles. The lowest BCUT2D eigenvalue weighted by Gasteiger charge is -1.98. The third kappa shape index (κ3) is 5.12. The molecule has 0 bridgehead atoms. The van der Waals surface area contributed by atoms with Crippen LogP contribution in [0.15, 0.2) is 52.8 Å². The van der Waals surface area contributed by atoms with Gasteiger partial charge in [0.2, 0.25) is 10.4 Å². The molecule has 0 amide bonds. The van der Waals surface area contributed by atoms with Crippen LogP contribution in [0.2, 0.25) is 0 Å². The van der Waals surface area contributed by atoms with E-state index in [0.29, 0.717) is 0 Å². The first kappa shape index (κ1) is 20.8. The van der Waals surface area contributed by atoms with E-state index in [-0.39, 0.29) is 0 Å². The van der Waals surface area contributed by atoms with Crippen molar-refractivity contribution in [2.45, 2.75) is 0 Å². The van der Waals surface area contributed by atoms with Crippen molar-refractivity contribution in [3.05, 3.63) is 42.6 Å². The van der Waals surface area contributed by atoms with Crippen LogP contribution >= 0.6 is 11.3 Å². The summed E-state index contributed by atoms with van der Waals surface area (Å²) < 4.78 is 39.4. The Morgan fingerprint density at radius 3 is 2.48 bits per heavy atom. The molecule has 4 rings (SSSR count). The summed E-state index contributed by atoms with van der Waals surface area (Å²) in [5.41, 5.74) is 2.92. The van der Waals surface area contributed by atoms with E-state index < -0.39 is 10.4 Å². The van der Waals surface area contributed by atoms with E-state index >= 15 is 0 Å². The number of ether oxygens (including phenoxy) is 1. The zero-order valence-corrected chi connectivity index (χ0v) is 17.3. The number of rotatable bonds is 4. The van der Waals surface area contributed by atoms with E-state index in [1.54, 1.807) is 18.4 Å². The van der Waals surface area contributed by atoms with Crippen molar-refractivity contribution < 1.29 is 26.5 Å². The molecule has 10 nitrogen and oxygen atoms in total. The zero-order valence-electron chi connectivity index (χ0n) is 15.7. The first-order chi connectivity index (χ1) is 13.8. The average molecular weight is 435 g/mol. The van der Waals surface area contributed by atoms with Crippen molar-refractivity contribution in [2.24, 2.45) is 17.3 Å². The Morgan fingerprint density at radius 1 is 1.17 bits per heavy atom. The van der Waals surface area contributed by atoms with Gasteiger partial charge in [-0.2, -0.15) is 5.10 Å². The SMILES string of the molecule is COS(=O)(=O)[O-].COc1ccc(/N=N/c2sc3cc4cn[nH]c4cc3[n+]2C)cc1. The number of thiazole rings is 1. The number of aromatic nitrogens is 3. The molecular formula is C17H17N5O5S2. The molecular weight excluding hydrogens is 418 g/mol. The minimum Gasteiger partial charge on any atom is -0.726 e. The molecule has 0 aliphatic carbocycles. The fraction of sp³-hybridized carbons (Fsp3) is 0.176. The molecule has 0 radical (unpaired) electrons. The monoisotopic (exact) mass is 435 g/mol. The number of hydrogen-bond acceptors (Lipinski definition) is 9. The first-order valence-electron chi connectivity index (χ1n) is 8.13. The fourth-order valence-electron chi connectivity index (χ4n) is 2.41. The van der Waals surface area contributed by atoms with Gasteiger partial charge in [0, 0.05) is 11.5 Å². The molecule has 0 unspecified atom stereocenters. The summed E-state index contributed by atoms with van der Waals surface area (Å²) in [5.74, 6) is 0.806. The van der Waals surface area contributed by atoms with Gasteiger partial charge in [0.25, 0.3) is 0 Å². The van der Waals surface area contributed by atoms with E-state index in [0.717, 1.165) is 44.8 Å². The summed E-state index contributed by atoms with van der Waals surface area (Å²) in [4.78, 5) is 0. The lowest BCUT2D eigenvalue weighted by atomic mass is 10.2. The molecule has 12 heteroatoms. The molecule has 0 atom stereocenters. The maximum atomic E-state index is 9.22. The van der Waals surface area contributed by atoms with Crippen LogP contribution in [0, 0.1) is 0 Å². The Bertz CT molecular complexity index is 1260. The van der Waals surface area contributed by atoms with Gasteiger partial charge in [0.15, 0.2) is 0 Å². The molecule has 0 aliphatic heterocycles. The zero-order chi connectivity index (χ0) is 21.0. The van der Waals surface area contributed by atoms with Crippen molar-refractivity contribution in [1.29, 1.82) is 0 Å². The quantitative estimate of drug-likeness (QED) is 0.227. The van der Waals surface area contributed by atoms with Gasteiger partial charge in [-0.15, -0.1) is 0 Å². The van der Waals surface area contributed by atoms with Crippen LogP contribution in [0.5, 0.6) is 5.75 Å². The number of aromatic amines is 1. The molecule has 0 aliphatic rings. The Hall–Kier alpha value is -2.93. The van der Waals surface area contributed by atoms with E-state index in [2.05, 4.69) is 36.7 Å². The lowest BCUT2D eigenvalue weighted by Crippen LogP contribution is -2.25. The van der Waals surface area contributed by atoms with Crippen molar-refractivity contribution in [3.8, 4) is 5.75 Å². The second-order valence-electron chi connectivity index (χ2n) is 5.69. The third-order valence-electron chi connectivity index (χ3n) is 3.90. The van der Waals surface area contributed by atoms with Crippen molar-refractivity contribution in [3.63, 3.8) is 0 Å². The first-order valence-corrected chi connectivity index (χ1v) is 10.3. The number of azo groups is 1. The number of hydrogen-bond donors (Lipinski definition) is 1. The number of aryl methyl sites for hydroxylation is 1. The second kappa shape index (κ2) is 8.61. The van der Waals surface area contributed by atoms with Gasteiger partial charge >= 0.3 is 5.13 Å². The number of methoxy groups -OCH3 is 1. The van der Waals surface area contributed by atoms with Gasteiger partial charge < -0.3 is 9.29 Å². The molecule has 2 heterocycles. The standard InChI is InChI=1S/C16H14N5OS.CH4O4S/c1-21-14-8-13-10(9-17-19-13)7-15(14)23-16(21)20-18-11-3-5-12(22-2)6-4-11;1-5-6(2,3)4/h3-9H,1-2H3,(H,17,19);1H3,(H,2,3,4)/q+1;/p-1. The summed E-state index contributed by atoms with van der Waals surface area (Å²) in [6.45, 7) is 0. The molecule has 4 aromatic rings. The van der Waals surface area contributed by atoms with Gasteiger partial charge in [-0.25, -0.2) is 13.0 Å². The summed E-state index contributed by atoms with van der Waals surface area (Å²) in [6, 6.07) is 11.7. The summed E-state index contributed by atoms with van der Waals surface area (Å²) in [5, 5.41) is 17.7. The molecule has 1 N–H and O–H groups in total. The molecule has 0 saturated heterocycles. The van der Waals surface area contributed by atoms with Crippen LogP contribution in [0.3, 0.4) is 0 Å². The predicted octanol–water partition coefficient (Wildman–Crippen LogP) is 3.12. The average Bonchev–Trinajstić information content (AvgIpc) is 3.29. The second-order valence-corrected chi connectivity index (χ2v) is 7.85. The Labute approximate surface area is 170 Å². The molecule has 0 fully saturated rings. The summed E-state index contributed by atoms with van der Waals surface area (Å²) >= 11 is 1.61. The molecule has 0 saturated carbocycles. The topological polar surface area (TPSA) is 133 Å². The van der Waals surface area contributed by atoms with Crippen molar-refractivity contribution >= 4 is 53.7 Å². The van der Waals surface area contributed by atoms with Gasteiger partial charge in [-0.05, 0) is 46.8 Å². The van der Waals surface area contributed by atoms with E-state index in [1.807, 2.05) is 42.1 Å². The predicted molar refractivity (Wildman–Crippen MR) is 107 cm³/mol. The van der Waals surface area contributed by atoms with E-state index in [1.165, 1.54) is 0 Å². The molecule has 152 valence electrons. The molecule has 2 aromatic heterocycles. The maximum absolute atomic E-state index is 9.22. The highest BCUT2D eigenvalue weighted by atomic mass is 32.3. The van der Waals surface area contributed by atoms with Crippen LogP contribution < -0.4 is 9.30 Å². The number of fused-ring (bicyclic) bond motifs is 2. The summed E-state index contributed by atoms with van der Waals surface area (Å²) in [7, 11) is 0.0288. The highest BCUT2D eigenvalue weighted by Gasteiger charge is 2.17. The molecule has 0 spiro atoms. The lowest BCUT2D eigenvalue weighted by molar-refractivity contribution is -0.627. The smallest absolute Gasteiger partial charge is 0.409 e. The highest BCUT2D eigenvalue weighted by Crippen LogP contribution is 2.30. The third-order valence-corrected chi connectivity index (χ3v) is 5.39. The highest BCUT2D eigenvalue weighted by molar-refractivity contribution is 7.80. The number of benzene rings is 2. The van der Waals surface area contributed by atoms with E-state index in [4.69, 9.17) is 4.74 Å². The van der Waals surface area contributed by atoms with Crippen LogP contribution in [0.1, 0.15) is 0 Å². The number of nitrogens with zero attached hydrogens (tertiary/aromatic N) is 4. The van der Waals surface area contributed by atoms with Crippen LogP contribution in [-0.4, -0.2) is 37.4 Å². The Morgan fingerprint density at radius 2 is 1.86 bits per heavy atom. The van der Waals surface area contributed by atoms with E-state index in [9.17, 15) is 13.0 Å². The fourth-order valence-corrected chi connectivity index (χ4v) is 3.41. The Kier molecular flexibility index (Phi) is 6.17. The van der Waals surface area contributed by atoms with Crippen LogP contribution in [0.4, 0.5) is 10.8 Å². The van der Waals surface area contributed by atoms with Gasteiger partial charge in [-0.1, -0.05) is 0 Å². The maximum Gasteiger partial charge on any atom is 0.409 e. The number of nitrogens with one attached hydrogen (secondary N) is 1. The summed E-state index contributed by atoms with van der Waals surface area (Å²) in [6.07, 6.45) is 1.83. The normalized spacial score (nSPS) is 11.7. The van der Waals surface area contributed by atoms with Crippen molar-refractivity contribution in [2.75, 3.05) is 14.2 Å². The number of H-pyrrole nitrogens is 1. The minimum absolute atomic E-state index is 0.791. The van der Waals surface area contributed by atoms with Gasteiger partial charge in [-0.3, -0.25) is 9.28 Å². The Balaban J connectivity index is 0.000000353. The van der Waals surface area contributed by atoms with Gasteiger partial charge in [0.1, 0.15) is 17.0 Å². The van der Waals surface area contributed by atoms with Crippen LogP contribution in [0.25, 0.3) is 21.1 Å². The molecule has 29 heavy (non-hydrogen) atoms. The van der Waals surface area contributed by atoms with Crippen LogP contribution in [-0.2, 0) is 21.6 Å². The largest absolute Gasteiger partial charge is 0.726 e. The van der Waals surface area contributed by atoms with Crippen molar-refractivity contribution in [1.82, 2.24) is 10.2 Å². The minimum atomic E-state index is -4.41. The van der Waals surface area contributed by atoms with Gasteiger partial charge in [0.05, 0.1) is 42.8 Å².